The average Bonchev–Trinajstić information content (AvgIpc) is 2.73. The third-order valence-electron chi connectivity index (χ3n) is 3.07. The molecular formula is C22H47O6PTi. The molecule has 6 nitrogen and oxygen atoms in total. The van der Waals surface area contributed by atoms with Crippen molar-refractivity contribution in [3.05, 3.63) is 30.3 Å². The van der Waals surface area contributed by atoms with Crippen LogP contribution in [0.1, 0.15) is 79.1 Å². The molecule has 1 rings (SSSR count). The van der Waals surface area contributed by atoms with E-state index < -0.39 is 8.03 Å². The molecule has 1 unspecified atom stereocenters. The molecule has 1 aromatic rings. The van der Waals surface area contributed by atoms with Crippen LogP contribution >= 0.6 is 8.03 Å². The minimum absolute atomic E-state index is 0. The quantitative estimate of drug-likeness (QED) is 0.267. The molecule has 0 aromatic heterocycles. The summed E-state index contributed by atoms with van der Waals surface area (Å²) in [5, 5.41) is 32.8. The molecule has 0 heterocycles. The number of aliphatic hydroxyl groups is 4. The summed E-state index contributed by atoms with van der Waals surface area (Å²) in [6, 6.07) is 8.58. The van der Waals surface area contributed by atoms with Gasteiger partial charge in [-0.15, -0.1) is 0 Å². The fraction of sp³-hybridized carbons (Fsp3) is 0.727. The predicted molar refractivity (Wildman–Crippen MR) is 125 cm³/mol. The SMILES string of the molecule is CCCCO.CCCCO.CCCCO.CCCCO.O=[PH](O)c1ccccc1.[Ti]. The zero-order valence-electron chi connectivity index (χ0n) is 19.5. The number of benzene rings is 1. The fourth-order valence-corrected chi connectivity index (χ4v) is 1.69. The molecule has 0 fully saturated rings. The van der Waals surface area contributed by atoms with Gasteiger partial charge in [0.15, 0.2) is 0 Å². The van der Waals surface area contributed by atoms with Crippen molar-refractivity contribution in [3.63, 3.8) is 0 Å². The van der Waals surface area contributed by atoms with Gasteiger partial charge in [0, 0.05) is 53.4 Å². The topological polar surface area (TPSA) is 118 Å². The van der Waals surface area contributed by atoms with E-state index in [-0.39, 0.29) is 21.7 Å². The monoisotopic (exact) mass is 486 g/mol. The molecule has 5 N–H and O–H groups in total. The van der Waals surface area contributed by atoms with E-state index in [1.165, 1.54) is 0 Å². The maximum atomic E-state index is 10.4. The Hall–Kier alpha value is -0.0357. The molecule has 0 spiro atoms. The van der Waals surface area contributed by atoms with Gasteiger partial charge in [0.25, 0.3) is 0 Å². The smallest absolute Gasteiger partial charge is 0.218 e. The van der Waals surface area contributed by atoms with Gasteiger partial charge < -0.3 is 25.3 Å². The third-order valence-corrected chi connectivity index (χ3v) is 3.89. The molecule has 0 bridgehead atoms. The van der Waals surface area contributed by atoms with Crippen LogP contribution < -0.4 is 5.30 Å². The van der Waals surface area contributed by atoms with Gasteiger partial charge in [-0.2, -0.15) is 0 Å². The van der Waals surface area contributed by atoms with Crippen LogP contribution in [0.25, 0.3) is 0 Å². The van der Waals surface area contributed by atoms with Crippen LogP contribution in [0.2, 0.25) is 0 Å². The van der Waals surface area contributed by atoms with Crippen LogP contribution in [0.15, 0.2) is 30.3 Å². The van der Waals surface area contributed by atoms with E-state index in [1.54, 1.807) is 24.3 Å². The Balaban J connectivity index is -0.0000000890. The Bertz CT molecular complexity index is 351. The van der Waals surface area contributed by atoms with Gasteiger partial charge in [0.05, 0.1) is 0 Å². The van der Waals surface area contributed by atoms with Gasteiger partial charge in [0.2, 0.25) is 8.03 Å². The minimum atomic E-state index is -2.46. The van der Waals surface area contributed by atoms with Crippen molar-refractivity contribution in [1.82, 2.24) is 0 Å². The zero-order valence-corrected chi connectivity index (χ0v) is 22.1. The Morgan fingerprint density at radius 2 is 0.900 bits per heavy atom. The molecule has 0 saturated heterocycles. The summed E-state index contributed by atoms with van der Waals surface area (Å²) in [5.74, 6) is 0. The van der Waals surface area contributed by atoms with Crippen LogP contribution in [0, 0.1) is 0 Å². The van der Waals surface area contributed by atoms with Crippen LogP contribution in [0.3, 0.4) is 0 Å². The van der Waals surface area contributed by atoms with Gasteiger partial charge in [-0.05, 0) is 37.8 Å². The van der Waals surface area contributed by atoms with Crippen molar-refractivity contribution in [3.8, 4) is 0 Å². The van der Waals surface area contributed by atoms with Crippen molar-refractivity contribution < 1.29 is 51.6 Å². The Kier molecular flexibility index (Phi) is 57.7. The van der Waals surface area contributed by atoms with E-state index in [1.807, 2.05) is 6.07 Å². The number of aliphatic hydroxyl groups excluding tert-OH is 4. The molecule has 0 aliphatic carbocycles. The molecule has 1 aromatic carbocycles. The van der Waals surface area contributed by atoms with E-state index in [9.17, 15) is 4.57 Å². The number of hydrogen-bond donors (Lipinski definition) is 5. The normalized spacial score (nSPS) is 9.50. The number of unbranched alkanes of at least 4 members (excludes halogenated alkanes) is 4. The first kappa shape index (κ1) is 40.3. The summed E-state index contributed by atoms with van der Waals surface area (Å²) in [6.07, 6.45) is 8.15. The minimum Gasteiger partial charge on any atom is -0.396 e. The Morgan fingerprint density at radius 3 is 1.00 bits per heavy atom. The van der Waals surface area contributed by atoms with E-state index in [0.717, 1.165) is 51.4 Å². The van der Waals surface area contributed by atoms with Crippen molar-refractivity contribution >= 4 is 13.3 Å². The van der Waals surface area contributed by atoms with Gasteiger partial charge in [-0.25, -0.2) is 0 Å². The molecular weight excluding hydrogens is 439 g/mol. The average molecular weight is 486 g/mol. The summed E-state index contributed by atoms with van der Waals surface area (Å²) in [5.41, 5.74) is 0. The Morgan fingerprint density at radius 1 is 0.633 bits per heavy atom. The van der Waals surface area contributed by atoms with Crippen molar-refractivity contribution in [1.29, 1.82) is 0 Å². The second kappa shape index (κ2) is 43.0. The summed E-state index contributed by atoms with van der Waals surface area (Å²) in [6.45, 7) is 9.58. The predicted octanol–water partition coefficient (Wildman–Crippen LogP) is 3.89. The van der Waals surface area contributed by atoms with Crippen molar-refractivity contribution in [2.24, 2.45) is 0 Å². The Labute approximate surface area is 200 Å². The van der Waals surface area contributed by atoms with Gasteiger partial charge in [-0.3, -0.25) is 4.57 Å². The van der Waals surface area contributed by atoms with Gasteiger partial charge >= 0.3 is 0 Å². The van der Waals surface area contributed by atoms with Crippen LogP contribution in [-0.4, -0.2) is 51.7 Å². The summed E-state index contributed by atoms with van der Waals surface area (Å²) >= 11 is 0. The molecule has 180 valence electrons. The summed E-state index contributed by atoms with van der Waals surface area (Å²) < 4.78 is 10.4. The number of rotatable bonds is 9. The molecule has 8 heteroatoms. The van der Waals surface area contributed by atoms with Crippen molar-refractivity contribution in [2.75, 3.05) is 26.4 Å². The molecule has 0 radical (unpaired) electrons. The third kappa shape index (κ3) is 51.0. The number of hydrogen-bond acceptors (Lipinski definition) is 5. The first-order valence-electron chi connectivity index (χ1n) is 10.7. The second-order valence-corrected chi connectivity index (χ2v) is 7.17. The van der Waals surface area contributed by atoms with Crippen LogP contribution in [0.5, 0.6) is 0 Å². The zero-order chi connectivity index (χ0) is 23.2. The molecule has 0 amide bonds. The van der Waals surface area contributed by atoms with Crippen LogP contribution in [0.4, 0.5) is 0 Å². The maximum absolute atomic E-state index is 10.4. The molecule has 0 aliphatic rings. The van der Waals surface area contributed by atoms with E-state index in [4.69, 9.17) is 25.3 Å². The van der Waals surface area contributed by atoms with E-state index in [0.29, 0.717) is 31.7 Å². The van der Waals surface area contributed by atoms with E-state index in [2.05, 4.69) is 27.7 Å². The molecule has 0 saturated carbocycles. The van der Waals surface area contributed by atoms with Crippen LogP contribution in [-0.2, 0) is 26.3 Å². The first-order valence-corrected chi connectivity index (χ1v) is 12.0. The van der Waals surface area contributed by atoms with Gasteiger partial charge in [-0.1, -0.05) is 71.6 Å². The summed E-state index contributed by atoms with van der Waals surface area (Å²) in [7, 11) is -2.46. The van der Waals surface area contributed by atoms with E-state index >= 15 is 0 Å². The standard InChI is InChI=1S/C6H7O2P.4C4H10O.Ti/c7-9(8)6-4-2-1-3-5-6;4*1-2-3-4-5;/h1-5,9H,(H,7,8);4*5H,2-4H2,1H3;. The largest absolute Gasteiger partial charge is 0.396 e. The van der Waals surface area contributed by atoms with Gasteiger partial charge in [0.1, 0.15) is 0 Å². The second-order valence-electron chi connectivity index (χ2n) is 5.98. The first-order chi connectivity index (χ1) is 14.0. The van der Waals surface area contributed by atoms with Crippen molar-refractivity contribution in [2.45, 2.75) is 79.1 Å². The fourth-order valence-electron chi connectivity index (χ4n) is 1.21. The summed E-state index contributed by atoms with van der Waals surface area (Å²) in [4.78, 5) is 8.57. The molecule has 0 aliphatic heterocycles. The maximum Gasteiger partial charge on any atom is 0.218 e. The molecule has 30 heavy (non-hydrogen) atoms. The molecule has 1 atom stereocenters.